The molecule has 0 saturated carbocycles. The van der Waals surface area contributed by atoms with E-state index in [2.05, 4.69) is 5.32 Å². The van der Waals surface area contributed by atoms with E-state index in [1.807, 2.05) is 32.0 Å². The Labute approximate surface area is 157 Å². The Morgan fingerprint density at radius 3 is 2.65 bits per heavy atom. The summed E-state index contributed by atoms with van der Waals surface area (Å²) in [5.41, 5.74) is 8.76. The molecule has 3 N–H and O–H groups in total. The molecule has 0 atom stereocenters. The number of benzene rings is 2. The van der Waals surface area contributed by atoms with Gasteiger partial charge in [-0.15, -0.1) is 0 Å². The largest absolute Gasteiger partial charge is 0.496 e. The van der Waals surface area contributed by atoms with Gasteiger partial charge in [-0.2, -0.15) is 0 Å². The number of halogens is 1. The molecule has 0 fully saturated rings. The first-order chi connectivity index (χ1) is 12.4. The molecule has 0 saturated heterocycles. The number of nitrogens with one attached hydrogen (secondary N) is 1. The fourth-order valence-electron chi connectivity index (χ4n) is 2.48. The Morgan fingerprint density at radius 2 is 2.00 bits per heavy atom. The fourth-order valence-corrected chi connectivity index (χ4v) is 2.65. The third-order valence-corrected chi connectivity index (χ3v) is 4.20. The van der Waals surface area contributed by atoms with Gasteiger partial charge < -0.3 is 20.5 Å². The Hall–Kier alpha value is -2.73. The lowest BCUT2D eigenvalue weighted by atomic mass is 10.1. The number of para-hydroxylation sites is 1. The first kappa shape index (κ1) is 19.6. The minimum absolute atomic E-state index is 0.102. The van der Waals surface area contributed by atoms with Crippen LogP contribution in [0, 0.1) is 6.92 Å². The van der Waals surface area contributed by atoms with Gasteiger partial charge in [0.15, 0.2) is 6.61 Å². The van der Waals surface area contributed by atoms with Crippen LogP contribution in [0.15, 0.2) is 30.3 Å². The quantitative estimate of drug-likeness (QED) is 0.593. The zero-order valence-corrected chi connectivity index (χ0v) is 15.6. The highest BCUT2D eigenvalue weighted by Gasteiger charge is 2.18. The number of carbonyl (C=O) groups is 2. The zero-order chi connectivity index (χ0) is 19.3. The number of nitrogens with two attached hydrogens (primary N) is 1. The van der Waals surface area contributed by atoms with Gasteiger partial charge in [0.05, 0.1) is 17.8 Å². The average molecular weight is 377 g/mol. The topological polar surface area (TPSA) is 90.7 Å². The van der Waals surface area contributed by atoms with Crippen LogP contribution in [-0.2, 0) is 16.0 Å². The van der Waals surface area contributed by atoms with Crippen molar-refractivity contribution >= 4 is 34.9 Å². The van der Waals surface area contributed by atoms with E-state index in [-0.39, 0.29) is 22.0 Å². The third-order valence-electron chi connectivity index (χ3n) is 3.88. The Kier molecular flexibility index (Phi) is 6.46. The van der Waals surface area contributed by atoms with Crippen LogP contribution in [0.25, 0.3) is 0 Å². The van der Waals surface area contributed by atoms with E-state index in [4.69, 9.17) is 26.8 Å². The molecule has 0 aromatic heterocycles. The summed E-state index contributed by atoms with van der Waals surface area (Å²) < 4.78 is 10.2. The molecule has 0 radical (unpaired) electrons. The van der Waals surface area contributed by atoms with Crippen molar-refractivity contribution in [1.82, 2.24) is 0 Å². The highest BCUT2D eigenvalue weighted by molar-refractivity contribution is 6.33. The smallest absolute Gasteiger partial charge is 0.342 e. The van der Waals surface area contributed by atoms with Crippen molar-refractivity contribution in [3.63, 3.8) is 0 Å². The first-order valence-electron chi connectivity index (χ1n) is 8.05. The molecule has 2 aromatic carbocycles. The highest BCUT2D eigenvalue weighted by atomic mass is 35.5. The van der Waals surface area contributed by atoms with E-state index in [1.54, 1.807) is 0 Å². The van der Waals surface area contributed by atoms with E-state index >= 15 is 0 Å². The summed E-state index contributed by atoms with van der Waals surface area (Å²) in [5, 5.41) is 3.00. The van der Waals surface area contributed by atoms with E-state index in [1.165, 1.54) is 19.2 Å². The summed E-state index contributed by atoms with van der Waals surface area (Å²) in [6.45, 7) is 3.48. The van der Waals surface area contributed by atoms with Gasteiger partial charge in [0.1, 0.15) is 11.3 Å². The summed E-state index contributed by atoms with van der Waals surface area (Å²) in [5.74, 6) is -0.924. The van der Waals surface area contributed by atoms with Crippen LogP contribution in [0.1, 0.15) is 28.4 Å². The number of nitrogen functional groups attached to an aromatic ring is 1. The van der Waals surface area contributed by atoms with Crippen molar-refractivity contribution < 1.29 is 19.1 Å². The number of ether oxygens (including phenoxy) is 2. The van der Waals surface area contributed by atoms with Crippen LogP contribution >= 0.6 is 11.6 Å². The predicted octanol–water partition coefficient (Wildman–Crippen LogP) is 3.60. The molecule has 0 bridgehead atoms. The maximum absolute atomic E-state index is 12.3. The Bertz CT molecular complexity index is 837. The van der Waals surface area contributed by atoms with E-state index < -0.39 is 18.5 Å². The number of amides is 1. The van der Waals surface area contributed by atoms with Crippen LogP contribution < -0.4 is 15.8 Å². The number of rotatable bonds is 6. The molecule has 6 nitrogen and oxygen atoms in total. The lowest BCUT2D eigenvalue weighted by Crippen LogP contribution is -2.22. The predicted molar refractivity (Wildman–Crippen MR) is 102 cm³/mol. The second-order valence-corrected chi connectivity index (χ2v) is 6.07. The van der Waals surface area contributed by atoms with Crippen LogP contribution in [0.5, 0.6) is 5.75 Å². The summed E-state index contributed by atoms with van der Waals surface area (Å²) >= 11 is 5.94. The van der Waals surface area contributed by atoms with E-state index in [0.717, 1.165) is 23.2 Å². The number of hydrogen-bond donors (Lipinski definition) is 2. The molecule has 2 rings (SSSR count). The molecule has 0 aliphatic rings. The number of aryl methyl sites for hydroxylation is 2. The van der Waals surface area contributed by atoms with Crippen molar-refractivity contribution in [3.05, 3.63) is 52.0 Å². The number of hydrogen-bond acceptors (Lipinski definition) is 5. The van der Waals surface area contributed by atoms with Crippen LogP contribution in [-0.4, -0.2) is 25.6 Å². The van der Waals surface area contributed by atoms with Gasteiger partial charge in [0, 0.05) is 11.8 Å². The minimum Gasteiger partial charge on any atom is -0.496 e. The maximum Gasteiger partial charge on any atom is 0.342 e. The summed E-state index contributed by atoms with van der Waals surface area (Å²) in [6.07, 6.45) is 0.776. The monoisotopic (exact) mass is 376 g/mol. The molecule has 1 amide bonds. The number of methoxy groups -OCH3 is 1. The average Bonchev–Trinajstić information content (AvgIpc) is 2.63. The van der Waals surface area contributed by atoms with Gasteiger partial charge in [-0.25, -0.2) is 4.79 Å². The summed E-state index contributed by atoms with van der Waals surface area (Å²) in [6, 6.07) is 8.56. The highest BCUT2D eigenvalue weighted by Crippen LogP contribution is 2.29. The van der Waals surface area contributed by atoms with Gasteiger partial charge in [0.25, 0.3) is 5.91 Å². The van der Waals surface area contributed by atoms with Crippen molar-refractivity contribution in [2.45, 2.75) is 20.3 Å². The van der Waals surface area contributed by atoms with Crippen molar-refractivity contribution in [2.75, 3.05) is 24.8 Å². The van der Waals surface area contributed by atoms with Crippen LogP contribution in [0.2, 0.25) is 5.02 Å². The van der Waals surface area contributed by atoms with Gasteiger partial charge in [-0.1, -0.05) is 36.7 Å². The molecule has 26 heavy (non-hydrogen) atoms. The molecule has 0 aliphatic heterocycles. The van der Waals surface area contributed by atoms with Crippen LogP contribution in [0.4, 0.5) is 11.4 Å². The molecule has 0 aliphatic carbocycles. The maximum atomic E-state index is 12.3. The molecule has 0 heterocycles. The normalized spacial score (nSPS) is 10.3. The first-order valence-corrected chi connectivity index (χ1v) is 8.43. The molecule has 0 spiro atoms. The lowest BCUT2D eigenvalue weighted by Gasteiger charge is -2.14. The van der Waals surface area contributed by atoms with Gasteiger partial charge in [-0.3, -0.25) is 4.79 Å². The fraction of sp³-hybridized carbons (Fsp3) is 0.263. The zero-order valence-electron chi connectivity index (χ0n) is 14.9. The molecule has 0 unspecified atom stereocenters. The molecule has 138 valence electrons. The van der Waals surface area contributed by atoms with Crippen LogP contribution in [0.3, 0.4) is 0 Å². The van der Waals surface area contributed by atoms with Gasteiger partial charge >= 0.3 is 5.97 Å². The van der Waals surface area contributed by atoms with Gasteiger partial charge in [-0.05, 0) is 30.5 Å². The van der Waals surface area contributed by atoms with E-state index in [9.17, 15) is 9.59 Å². The molecular formula is C19H21ClN2O4. The number of esters is 1. The van der Waals surface area contributed by atoms with Crippen molar-refractivity contribution in [1.29, 1.82) is 0 Å². The van der Waals surface area contributed by atoms with Gasteiger partial charge in [0.2, 0.25) is 0 Å². The SMILES string of the molecule is CCc1cccc(C)c1NC(=O)COC(=O)c1cc(Cl)c(N)cc1OC. The van der Waals surface area contributed by atoms with Crippen molar-refractivity contribution in [2.24, 2.45) is 0 Å². The standard InChI is InChI=1S/C19H21ClN2O4/c1-4-12-7-5-6-11(2)18(12)22-17(23)10-26-19(24)13-8-14(20)15(21)9-16(13)25-3/h5-9H,4,10,21H2,1-3H3,(H,22,23). The summed E-state index contributed by atoms with van der Waals surface area (Å²) in [4.78, 5) is 24.4. The lowest BCUT2D eigenvalue weighted by molar-refractivity contribution is -0.119. The Balaban J connectivity index is 2.06. The minimum atomic E-state index is -0.723. The molecule has 2 aromatic rings. The number of anilines is 2. The third kappa shape index (κ3) is 4.46. The summed E-state index contributed by atoms with van der Waals surface area (Å²) in [7, 11) is 1.40. The van der Waals surface area contributed by atoms with E-state index in [0.29, 0.717) is 0 Å². The second-order valence-electron chi connectivity index (χ2n) is 5.66. The second kappa shape index (κ2) is 8.58. The molecular weight excluding hydrogens is 356 g/mol. The van der Waals surface area contributed by atoms with Crippen molar-refractivity contribution in [3.8, 4) is 5.75 Å². The molecule has 7 heteroatoms. The number of carbonyl (C=O) groups excluding carboxylic acids is 2. The Morgan fingerprint density at radius 1 is 1.27 bits per heavy atom.